The van der Waals surface area contributed by atoms with Gasteiger partial charge in [0.15, 0.2) is 0 Å². The summed E-state index contributed by atoms with van der Waals surface area (Å²) in [5, 5.41) is 8.56. The number of benzene rings is 2. The van der Waals surface area contributed by atoms with Crippen LogP contribution >= 0.6 is 11.3 Å². The molecule has 1 fully saturated rings. The molecule has 1 saturated carbocycles. The second kappa shape index (κ2) is 10.9. The number of amides is 1. The van der Waals surface area contributed by atoms with Crippen molar-refractivity contribution in [2.24, 2.45) is 0 Å². The second-order valence-corrected chi connectivity index (χ2v) is 10.3. The number of hydrogen-bond donors (Lipinski definition) is 3. The zero-order valence-electron chi connectivity index (χ0n) is 19.8. The van der Waals surface area contributed by atoms with Gasteiger partial charge in [0, 0.05) is 29.7 Å². The zero-order valence-corrected chi connectivity index (χ0v) is 21.4. The van der Waals surface area contributed by atoms with Crippen LogP contribution in [0.25, 0.3) is 17.2 Å². The van der Waals surface area contributed by atoms with E-state index < -0.39 is 10.0 Å². The average Bonchev–Trinajstić information content (AvgIpc) is 3.54. The fourth-order valence-corrected chi connectivity index (χ4v) is 5.28. The molecule has 1 amide bonds. The second-order valence-electron chi connectivity index (χ2n) is 7.57. The van der Waals surface area contributed by atoms with E-state index in [1.165, 1.54) is 11.3 Å². The lowest BCUT2D eigenvalue weighted by atomic mass is 10.00. The van der Waals surface area contributed by atoms with Gasteiger partial charge in [0.2, 0.25) is 10.0 Å². The Bertz CT molecular complexity index is 1300. The van der Waals surface area contributed by atoms with Crippen molar-refractivity contribution in [1.82, 2.24) is 9.71 Å². The van der Waals surface area contributed by atoms with Gasteiger partial charge in [-0.1, -0.05) is 38.6 Å². The van der Waals surface area contributed by atoms with Crippen molar-refractivity contribution in [2.45, 2.75) is 44.6 Å². The smallest absolute Gasteiger partial charge is 0.275 e. The zero-order chi connectivity index (χ0) is 24.9. The standard InChI is InChI=1S/C23H24N4O3S2.C2H6/c1-4-19-20(24-3)11-16(12-21(19)26-23(28)22-13-31-14(2)25-22)15-6-5-7-18(10-15)32(29,30)27-17-8-9-17;1-2/h4-7,10-13,17,24,27H,1,8-9H2,2-3H3,(H,26,28);1-2H3. The molecule has 0 spiro atoms. The molecule has 2 aromatic carbocycles. The molecule has 0 atom stereocenters. The molecule has 7 nitrogen and oxygen atoms in total. The van der Waals surface area contributed by atoms with Gasteiger partial charge in [-0.2, -0.15) is 0 Å². The maximum Gasteiger partial charge on any atom is 0.275 e. The SMILES string of the molecule is C=Cc1c(NC)cc(-c2cccc(S(=O)(=O)NC3CC3)c2)cc1NC(=O)c1csc(C)n1.CC. The van der Waals surface area contributed by atoms with Crippen LogP contribution in [0.4, 0.5) is 11.4 Å². The molecule has 0 saturated heterocycles. The summed E-state index contributed by atoms with van der Waals surface area (Å²) in [6.07, 6.45) is 3.40. The number of rotatable bonds is 8. The molecule has 0 bridgehead atoms. The molecule has 180 valence electrons. The van der Waals surface area contributed by atoms with Gasteiger partial charge in [0.05, 0.1) is 15.6 Å². The van der Waals surface area contributed by atoms with E-state index in [0.29, 0.717) is 11.4 Å². The summed E-state index contributed by atoms with van der Waals surface area (Å²) in [7, 11) is -1.80. The van der Waals surface area contributed by atoms with Gasteiger partial charge < -0.3 is 10.6 Å². The van der Waals surface area contributed by atoms with Gasteiger partial charge in [-0.15, -0.1) is 11.3 Å². The van der Waals surface area contributed by atoms with E-state index in [4.69, 9.17) is 0 Å². The number of carbonyl (C=O) groups excluding carboxylic acids is 1. The molecule has 1 heterocycles. The van der Waals surface area contributed by atoms with Crippen molar-refractivity contribution in [3.63, 3.8) is 0 Å². The molecule has 9 heteroatoms. The van der Waals surface area contributed by atoms with Gasteiger partial charge in [0.1, 0.15) is 5.69 Å². The molecular weight excluding hydrogens is 468 g/mol. The number of thiazole rings is 1. The topological polar surface area (TPSA) is 100 Å². The Morgan fingerprint density at radius 1 is 1.15 bits per heavy atom. The Morgan fingerprint density at radius 2 is 1.85 bits per heavy atom. The van der Waals surface area contributed by atoms with Crippen molar-refractivity contribution in [3.8, 4) is 11.1 Å². The first-order chi connectivity index (χ1) is 16.3. The quantitative estimate of drug-likeness (QED) is 0.380. The number of nitrogens with zero attached hydrogens (tertiary/aromatic N) is 1. The highest BCUT2D eigenvalue weighted by Crippen LogP contribution is 2.34. The molecule has 1 aromatic heterocycles. The summed E-state index contributed by atoms with van der Waals surface area (Å²) < 4.78 is 28.0. The molecule has 3 aromatic rings. The van der Waals surface area contributed by atoms with E-state index in [9.17, 15) is 13.2 Å². The maximum atomic E-state index is 12.7. The van der Waals surface area contributed by atoms with Gasteiger partial charge in [0.25, 0.3) is 5.91 Å². The van der Waals surface area contributed by atoms with Crippen LogP contribution in [0.1, 0.15) is 47.7 Å². The van der Waals surface area contributed by atoms with Gasteiger partial charge in [-0.05, 0) is 55.2 Å². The summed E-state index contributed by atoms with van der Waals surface area (Å²) in [6.45, 7) is 9.72. The van der Waals surface area contributed by atoms with Crippen LogP contribution in [0.2, 0.25) is 0 Å². The van der Waals surface area contributed by atoms with Crippen molar-refractivity contribution in [1.29, 1.82) is 0 Å². The summed E-state index contributed by atoms with van der Waals surface area (Å²) in [5.74, 6) is -0.318. The van der Waals surface area contributed by atoms with Crippen molar-refractivity contribution < 1.29 is 13.2 Å². The highest BCUT2D eigenvalue weighted by molar-refractivity contribution is 7.89. The first-order valence-electron chi connectivity index (χ1n) is 11.1. The Labute approximate surface area is 205 Å². The first-order valence-corrected chi connectivity index (χ1v) is 13.5. The number of nitrogens with one attached hydrogen (secondary N) is 3. The Morgan fingerprint density at radius 3 is 2.44 bits per heavy atom. The Balaban J connectivity index is 0.00000158. The Kier molecular flexibility index (Phi) is 8.24. The van der Waals surface area contributed by atoms with Crippen LogP contribution in [-0.4, -0.2) is 32.4 Å². The average molecular weight is 499 g/mol. The van der Waals surface area contributed by atoms with Gasteiger partial charge in [-0.25, -0.2) is 18.1 Å². The van der Waals surface area contributed by atoms with Crippen LogP contribution in [0.3, 0.4) is 0 Å². The van der Waals surface area contributed by atoms with Crippen LogP contribution < -0.4 is 15.4 Å². The van der Waals surface area contributed by atoms with Crippen LogP contribution in [0.5, 0.6) is 0 Å². The van der Waals surface area contributed by atoms with Crippen LogP contribution in [0, 0.1) is 6.92 Å². The van der Waals surface area contributed by atoms with E-state index in [1.807, 2.05) is 39.0 Å². The summed E-state index contributed by atoms with van der Waals surface area (Å²) >= 11 is 1.41. The lowest BCUT2D eigenvalue weighted by molar-refractivity contribution is 0.102. The van der Waals surface area contributed by atoms with Gasteiger partial charge in [-0.3, -0.25) is 4.79 Å². The maximum absolute atomic E-state index is 12.7. The third kappa shape index (κ3) is 5.91. The number of sulfonamides is 1. The van der Waals surface area contributed by atoms with E-state index in [0.717, 1.165) is 40.2 Å². The number of anilines is 2. The molecule has 0 radical (unpaired) electrons. The largest absolute Gasteiger partial charge is 0.388 e. The predicted octanol–water partition coefficient (Wildman–Crippen LogP) is 5.52. The number of carbonyl (C=O) groups is 1. The van der Waals surface area contributed by atoms with E-state index >= 15 is 0 Å². The minimum atomic E-state index is -3.58. The van der Waals surface area contributed by atoms with Crippen molar-refractivity contribution >= 4 is 44.7 Å². The first kappa shape index (κ1) is 25.6. The Hall–Kier alpha value is -3.01. The van der Waals surface area contributed by atoms with Crippen molar-refractivity contribution in [3.05, 3.63) is 64.6 Å². The van der Waals surface area contributed by atoms with Crippen LogP contribution in [0.15, 0.2) is 53.3 Å². The number of hydrogen-bond acceptors (Lipinski definition) is 6. The normalized spacial score (nSPS) is 12.9. The van der Waals surface area contributed by atoms with E-state index in [2.05, 4.69) is 26.9 Å². The summed E-state index contributed by atoms with van der Waals surface area (Å²) in [4.78, 5) is 17.2. The van der Waals surface area contributed by atoms with E-state index in [1.54, 1.807) is 36.7 Å². The molecule has 34 heavy (non-hydrogen) atoms. The lowest BCUT2D eigenvalue weighted by Crippen LogP contribution is -2.25. The molecule has 1 aliphatic carbocycles. The molecule has 0 unspecified atom stereocenters. The van der Waals surface area contributed by atoms with Crippen LogP contribution in [-0.2, 0) is 10.0 Å². The predicted molar refractivity (Wildman–Crippen MR) is 141 cm³/mol. The highest BCUT2D eigenvalue weighted by atomic mass is 32.2. The third-order valence-corrected chi connectivity index (χ3v) is 7.42. The minimum absolute atomic E-state index is 0.0302. The van der Waals surface area contributed by atoms with Gasteiger partial charge >= 0.3 is 0 Å². The summed E-state index contributed by atoms with van der Waals surface area (Å²) in [6, 6.07) is 10.5. The fraction of sp³-hybridized carbons (Fsp3) is 0.280. The molecular formula is C25H30N4O3S2. The lowest BCUT2D eigenvalue weighted by Gasteiger charge is -2.16. The molecule has 4 rings (SSSR count). The summed E-state index contributed by atoms with van der Waals surface area (Å²) in [5.41, 5.74) is 3.87. The molecule has 3 N–H and O–H groups in total. The number of aromatic nitrogens is 1. The van der Waals surface area contributed by atoms with Crippen molar-refractivity contribution in [2.75, 3.05) is 17.7 Å². The van der Waals surface area contributed by atoms with E-state index in [-0.39, 0.29) is 16.8 Å². The monoisotopic (exact) mass is 498 g/mol. The molecule has 0 aliphatic heterocycles. The number of aryl methyl sites for hydroxylation is 1. The minimum Gasteiger partial charge on any atom is -0.388 e. The molecule has 1 aliphatic rings. The third-order valence-electron chi connectivity index (χ3n) is 5.13. The highest BCUT2D eigenvalue weighted by Gasteiger charge is 2.28. The fourth-order valence-electron chi connectivity index (χ4n) is 3.34.